The summed E-state index contributed by atoms with van der Waals surface area (Å²) in [4.78, 5) is 10.5. The van der Waals surface area contributed by atoms with Gasteiger partial charge in [0, 0.05) is 16.7 Å². The Balaban J connectivity index is 1.02. The Morgan fingerprint density at radius 1 is 0.258 bits per heavy atom. The summed E-state index contributed by atoms with van der Waals surface area (Å²) in [6, 6.07) is 74.6. The second kappa shape index (κ2) is 16.4. The maximum atomic E-state index is 5.24. The highest BCUT2D eigenvalue weighted by Crippen LogP contribution is 2.35. The lowest BCUT2D eigenvalue weighted by Gasteiger charge is -2.13. The third-order valence-corrected chi connectivity index (χ3v) is 11.9. The summed E-state index contributed by atoms with van der Waals surface area (Å²) in [5.41, 5.74) is 21.8. The topological polar surface area (TPSA) is 25.8 Å². The van der Waals surface area contributed by atoms with Gasteiger partial charge in [-0.05, 0) is 123 Å². The van der Waals surface area contributed by atoms with Crippen molar-refractivity contribution in [1.82, 2.24) is 9.97 Å². The Kier molecular flexibility index (Phi) is 10.2. The maximum Gasteiger partial charge on any atom is 0.160 e. The monoisotopic (exact) mass is 794 g/mol. The molecule has 2 nitrogen and oxygen atoms in total. The van der Waals surface area contributed by atoms with E-state index < -0.39 is 0 Å². The molecule has 0 aliphatic rings. The van der Waals surface area contributed by atoms with E-state index in [9.17, 15) is 0 Å². The van der Waals surface area contributed by atoms with Gasteiger partial charge in [0.2, 0.25) is 0 Å². The molecule has 62 heavy (non-hydrogen) atoms. The summed E-state index contributed by atoms with van der Waals surface area (Å²) < 4.78 is 0. The predicted molar refractivity (Wildman–Crippen MR) is 262 cm³/mol. The lowest BCUT2D eigenvalue weighted by molar-refractivity contribution is 1.18. The first-order chi connectivity index (χ1) is 30.3. The van der Waals surface area contributed by atoms with Gasteiger partial charge < -0.3 is 0 Å². The van der Waals surface area contributed by atoms with Crippen LogP contribution in [0.25, 0.3) is 100 Å². The fourth-order valence-corrected chi connectivity index (χ4v) is 8.54. The van der Waals surface area contributed by atoms with E-state index in [-0.39, 0.29) is 0 Å². The maximum absolute atomic E-state index is 5.24. The zero-order chi connectivity index (χ0) is 42.2. The van der Waals surface area contributed by atoms with Gasteiger partial charge in [0.25, 0.3) is 0 Å². The van der Waals surface area contributed by atoms with E-state index in [0.29, 0.717) is 5.82 Å². The van der Waals surface area contributed by atoms with Gasteiger partial charge >= 0.3 is 0 Å². The molecular formula is C60H46N2. The van der Waals surface area contributed by atoms with Crippen molar-refractivity contribution in [3.05, 3.63) is 229 Å². The van der Waals surface area contributed by atoms with Crippen molar-refractivity contribution in [2.45, 2.75) is 27.7 Å². The van der Waals surface area contributed by atoms with Crippen molar-refractivity contribution < 1.29 is 0 Å². The minimum Gasteiger partial charge on any atom is -0.228 e. The molecule has 0 aliphatic carbocycles. The van der Waals surface area contributed by atoms with Gasteiger partial charge in [-0.1, -0.05) is 199 Å². The number of rotatable bonds is 8. The van der Waals surface area contributed by atoms with Crippen molar-refractivity contribution in [3.63, 3.8) is 0 Å². The van der Waals surface area contributed by atoms with E-state index in [0.717, 1.165) is 33.6 Å². The van der Waals surface area contributed by atoms with Crippen LogP contribution >= 0.6 is 0 Å². The van der Waals surface area contributed by atoms with E-state index in [4.69, 9.17) is 9.97 Å². The summed E-state index contributed by atoms with van der Waals surface area (Å²) in [5.74, 6) is 0.693. The quantitative estimate of drug-likeness (QED) is 0.153. The summed E-state index contributed by atoms with van der Waals surface area (Å²) in [6.45, 7) is 8.60. The highest BCUT2D eigenvalue weighted by molar-refractivity contribution is 5.97. The van der Waals surface area contributed by atoms with Crippen LogP contribution in [0.2, 0.25) is 0 Å². The molecular weight excluding hydrogens is 749 g/mol. The summed E-state index contributed by atoms with van der Waals surface area (Å²) in [6.07, 6.45) is 0. The Bertz CT molecular complexity index is 3050. The molecule has 0 N–H and O–H groups in total. The van der Waals surface area contributed by atoms with E-state index in [1.165, 1.54) is 83.1 Å². The zero-order valence-corrected chi connectivity index (χ0v) is 35.5. The second-order valence-electron chi connectivity index (χ2n) is 16.6. The molecule has 10 rings (SSSR count). The standard InChI is InChI=1S/C60H46N2/c1-39-12-16-43(17-13-39)52-32-41(3)34-54(36-52)45-20-26-49(27-21-45)58-38-59(50-28-22-46(23-29-50)55-35-42(4)33-53(37-55)44-18-14-40(2)15-19-44)62-60(61-58)51-30-24-48(25-31-51)57-11-7-9-47-8-5-6-10-56(47)57/h5-38H,1-4H3. The molecule has 2 heteroatoms. The van der Waals surface area contributed by atoms with Crippen LogP contribution in [0.15, 0.2) is 206 Å². The second-order valence-corrected chi connectivity index (χ2v) is 16.6. The lowest BCUT2D eigenvalue weighted by atomic mass is 9.95. The molecule has 296 valence electrons. The van der Waals surface area contributed by atoms with E-state index in [2.05, 4.69) is 234 Å². The molecule has 0 radical (unpaired) electrons. The normalized spacial score (nSPS) is 11.2. The highest BCUT2D eigenvalue weighted by Gasteiger charge is 2.14. The minimum absolute atomic E-state index is 0.693. The first-order valence-electron chi connectivity index (χ1n) is 21.4. The van der Waals surface area contributed by atoms with Crippen molar-refractivity contribution in [2.24, 2.45) is 0 Å². The molecule has 0 unspecified atom stereocenters. The van der Waals surface area contributed by atoms with Crippen LogP contribution < -0.4 is 0 Å². The third kappa shape index (κ3) is 7.99. The Hall–Kier alpha value is -7.68. The van der Waals surface area contributed by atoms with Crippen molar-refractivity contribution in [3.8, 4) is 89.5 Å². The number of benzene rings is 9. The molecule has 0 saturated heterocycles. The van der Waals surface area contributed by atoms with Crippen LogP contribution in [0, 0.1) is 27.7 Å². The molecule has 1 aromatic heterocycles. The number of aryl methyl sites for hydroxylation is 4. The van der Waals surface area contributed by atoms with Gasteiger partial charge in [0.1, 0.15) is 0 Å². The number of aromatic nitrogens is 2. The Morgan fingerprint density at radius 3 is 1.10 bits per heavy atom. The van der Waals surface area contributed by atoms with Gasteiger partial charge in [-0.2, -0.15) is 0 Å². The van der Waals surface area contributed by atoms with Crippen LogP contribution in [-0.4, -0.2) is 9.97 Å². The average molecular weight is 795 g/mol. The van der Waals surface area contributed by atoms with Gasteiger partial charge in [-0.3, -0.25) is 0 Å². The molecule has 0 aliphatic heterocycles. The summed E-state index contributed by atoms with van der Waals surface area (Å²) >= 11 is 0. The number of hydrogen-bond donors (Lipinski definition) is 0. The largest absolute Gasteiger partial charge is 0.228 e. The molecule has 0 spiro atoms. The zero-order valence-electron chi connectivity index (χ0n) is 35.5. The summed E-state index contributed by atoms with van der Waals surface area (Å²) in [7, 11) is 0. The predicted octanol–water partition coefficient (Wildman–Crippen LogP) is 16.2. The molecule has 10 aromatic rings. The molecule has 1 heterocycles. The molecule has 0 atom stereocenters. The smallest absolute Gasteiger partial charge is 0.160 e. The Labute approximate surface area is 364 Å². The van der Waals surface area contributed by atoms with Gasteiger partial charge in [0.05, 0.1) is 11.4 Å². The number of nitrogens with zero attached hydrogens (tertiary/aromatic N) is 2. The van der Waals surface area contributed by atoms with Crippen LogP contribution in [0.3, 0.4) is 0 Å². The van der Waals surface area contributed by atoms with Crippen LogP contribution in [0.1, 0.15) is 22.3 Å². The third-order valence-electron chi connectivity index (χ3n) is 11.9. The molecule has 0 saturated carbocycles. The first kappa shape index (κ1) is 38.5. The van der Waals surface area contributed by atoms with Crippen molar-refractivity contribution in [1.29, 1.82) is 0 Å². The number of fused-ring (bicyclic) bond motifs is 1. The van der Waals surface area contributed by atoms with Gasteiger partial charge in [-0.15, -0.1) is 0 Å². The van der Waals surface area contributed by atoms with E-state index in [1.807, 2.05) is 0 Å². The first-order valence-corrected chi connectivity index (χ1v) is 21.4. The molecule has 0 bridgehead atoms. The number of hydrogen-bond acceptors (Lipinski definition) is 2. The fourth-order valence-electron chi connectivity index (χ4n) is 8.54. The highest BCUT2D eigenvalue weighted by atomic mass is 14.9. The van der Waals surface area contributed by atoms with Crippen LogP contribution in [-0.2, 0) is 0 Å². The average Bonchev–Trinajstić information content (AvgIpc) is 3.31. The van der Waals surface area contributed by atoms with Crippen LogP contribution in [0.5, 0.6) is 0 Å². The fraction of sp³-hybridized carbons (Fsp3) is 0.0667. The summed E-state index contributed by atoms with van der Waals surface area (Å²) in [5, 5.41) is 2.47. The van der Waals surface area contributed by atoms with Gasteiger partial charge in [0.15, 0.2) is 5.82 Å². The van der Waals surface area contributed by atoms with Crippen LogP contribution in [0.4, 0.5) is 0 Å². The molecule has 0 fully saturated rings. The molecule has 0 amide bonds. The molecule has 9 aromatic carbocycles. The lowest BCUT2D eigenvalue weighted by Crippen LogP contribution is -1.96. The van der Waals surface area contributed by atoms with E-state index >= 15 is 0 Å². The Morgan fingerprint density at radius 2 is 0.629 bits per heavy atom. The SMILES string of the molecule is Cc1ccc(-c2cc(C)cc(-c3ccc(-c4cc(-c5ccc(-c6cc(C)cc(-c7ccc(C)cc7)c6)cc5)nc(-c5ccc(-c6cccc7ccccc67)cc5)n4)cc3)c2)cc1. The van der Waals surface area contributed by atoms with Crippen molar-refractivity contribution >= 4 is 10.8 Å². The van der Waals surface area contributed by atoms with E-state index in [1.54, 1.807) is 0 Å². The van der Waals surface area contributed by atoms with Gasteiger partial charge in [-0.25, -0.2) is 9.97 Å². The minimum atomic E-state index is 0.693. The van der Waals surface area contributed by atoms with Crippen molar-refractivity contribution in [2.75, 3.05) is 0 Å².